The van der Waals surface area contributed by atoms with E-state index in [4.69, 9.17) is 9.97 Å². The number of carbonyl (C=O) groups is 1. The normalized spacial score (nSPS) is 14.4. The summed E-state index contributed by atoms with van der Waals surface area (Å²) < 4.78 is 0. The first-order valence-corrected chi connectivity index (χ1v) is 14.0. The molecule has 0 saturated carbocycles. The number of rotatable bonds is 7. The predicted octanol–water partition coefficient (Wildman–Crippen LogP) is 5.96. The van der Waals surface area contributed by atoms with Crippen molar-refractivity contribution in [3.8, 4) is 22.0 Å². The van der Waals surface area contributed by atoms with Crippen LogP contribution in [0.4, 0.5) is 11.5 Å². The first kappa shape index (κ1) is 25.1. The van der Waals surface area contributed by atoms with E-state index in [9.17, 15) is 4.79 Å². The van der Waals surface area contributed by atoms with Crippen molar-refractivity contribution in [3.63, 3.8) is 0 Å². The number of pyridine rings is 1. The summed E-state index contributed by atoms with van der Waals surface area (Å²) in [6.45, 7) is 5.37. The molecule has 196 valence electrons. The van der Waals surface area contributed by atoms with E-state index in [1.807, 2.05) is 66.7 Å². The van der Waals surface area contributed by atoms with Crippen LogP contribution in [0.1, 0.15) is 30.3 Å². The SMILES string of the molecule is CCN1CCC(Nc2cc(C(=O)Nc3ccccc3-c3nc4cccnc4s3)nc(-c3ccccc3)n2)CC1. The van der Waals surface area contributed by atoms with E-state index in [-0.39, 0.29) is 5.91 Å². The third-order valence-electron chi connectivity index (χ3n) is 6.95. The minimum atomic E-state index is -0.301. The van der Waals surface area contributed by atoms with Gasteiger partial charge in [-0.1, -0.05) is 60.7 Å². The molecule has 5 aromatic rings. The molecule has 1 aliphatic heterocycles. The molecule has 39 heavy (non-hydrogen) atoms. The first-order chi connectivity index (χ1) is 19.2. The van der Waals surface area contributed by atoms with Crippen LogP contribution in [0.3, 0.4) is 0 Å². The van der Waals surface area contributed by atoms with Gasteiger partial charge in [0.15, 0.2) is 5.82 Å². The van der Waals surface area contributed by atoms with Gasteiger partial charge >= 0.3 is 0 Å². The fourth-order valence-electron chi connectivity index (χ4n) is 4.81. The van der Waals surface area contributed by atoms with Gasteiger partial charge < -0.3 is 15.5 Å². The molecule has 0 radical (unpaired) electrons. The average Bonchev–Trinajstić information content (AvgIpc) is 3.42. The highest BCUT2D eigenvalue weighted by molar-refractivity contribution is 7.21. The number of para-hydroxylation sites is 1. The van der Waals surface area contributed by atoms with Crippen molar-refractivity contribution in [1.29, 1.82) is 0 Å². The second-order valence-electron chi connectivity index (χ2n) is 9.53. The molecule has 1 fully saturated rings. The summed E-state index contributed by atoms with van der Waals surface area (Å²) in [5.41, 5.74) is 3.51. The molecule has 1 aliphatic rings. The Labute approximate surface area is 231 Å². The van der Waals surface area contributed by atoms with Gasteiger partial charge in [0.25, 0.3) is 5.91 Å². The lowest BCUT2D eigenvalue weighted by Crippen LogP contribution is -2.39. The number of benzene rings is 2. The van der Waals surface area contributed by atoms with Gasteiger partial charge in [0.2, 0.25) is 0 Å². The Balaban J connectivity index is 1.30. The highest BCUT2D eigenvalue weighted by Gasteiger charge is 2.21. The molecule has 9 heteroatoms. The van der Waals surface area contributed by atoms with E-state index >= 15 is 0 Å². The molecule has 1 amide bonds. The van der Waals surface area contributed by atoms with Crippen LogP contribution < -0.4 is 10.6 Å². The molecule has 2 N–H and O–H groups in total. The largest absolute Gasteiger partial charge is 0.367 e. The van der Waals surface area contributed by atoms with Crippen LogP contribution in [0.15, 0.2) is 79.0 Å². The molecule has 0 atom stereocenters. The lowest BCUT2D eigenvalue weighted by atomic mass is 10.1. The van der Waals surface area contributed by atoms with E-state index in [0.29, 0.717) is 29.1 Å². The van der Waals surface area contributed by atoms with Gasteiger partial charge in [-0.15, -0.1) is 0 Å². The summed E-state index contributed by atoms with van der Waals surface area (Å²) in [4.78, 5) is 35.5. The van der Waals surface area contributed by atoms with Crippen molar-refractivity contribution in [1.82, 2.24) is 24.8 Å². The molecule has 1 saturated heterocycles. The fraction of sp³-hybridized carbons (Fsp3) is 0.233. The molecule has 8 nitrogen and oxygen atoms in total. The van der Waals surface area contributed by atoms with Gasteiger partial charge in [-0.3, -0.25) is 4.79 Å². The van der Waals surface area contributed by atoms with E-state index in [2.05, 4.69) is 32.4 Å². The summed E-state index contributed by atoms with van der Waals surface area (Å²) in [6.07, 6.45) is 3.82. The first-order valence-electron chi connectivity index (χ1n) is 13.2. The monoisotopic (exact) mass is 535 g/mol. The van der Waals surface area contributed by atoms with Gasteiger partial charge in [0, 0.05) is 42.5 Å². The van der Waals surface area contributed by atoms with Gasteiger partial charge in [0.05, 0.1) is 5.69 Å². The topological polar surface area (TPSA) is 95.9 Å². The Kier molecular flexibility index (Phi) is 7.25. The minimum absolute atomic E-state index is 0.301. The number of likely N-dealkylation sites (tertiary alicyclic amines) is 1. The van der Waals surface area contributed by atoms with Crippen molar-refractivity contribution in [2.45, 2.75) is 25.8 Å². The highest BCUT2D eigenvalue weighted by Crippen LogP contribution is 2.34. The third-order valence-corrected chi connectivity index (χ3v) is 7.96. The molecule has 6 rings (SSSR count). The van der Waals surface area contributed by atoms with Crippen molar-refractivity contribution < 1.29 is 4.79 Å². The van der Waals surface area contributed by atoms with Crippen LogP contribution in [0.25, 0.3) is 32.3 Å². The zero-order valence-electron chi connectivity index (χ0n) is 21.7. The molecule has 0 spiro atoms. The number of piperidine rings is 1. The van der Waals surface area contributed by atoms with Gasteiger partial charge in [-0.05, 0) is 43.7 Å². The Morgan fingerprint density at radius 2 is 1.77 bits per heavy atom. The standard InChI is InChI=1S/C30H29N7OS/c1-2-37-17-14-21(15-18-37)32-26-19-25(33-27(36-26)20-9-4-3-5-10-20)28(38)34-23-12-7-6-11-22(23)29-35-24-13-8-16-31-30(24)39-29/h3-13,16,19,21H,2,14-15,17-18H2,1H3,(H,34,38)(H,32,33,36). The highest BCUT2D eigenvalue weighted by atomic mass is 32.1. The average molecular weight is 536 g/mol. The van der Waals surface area contributed by atoms with Gasteiger partial charge in [0.1, 0.15) is 26.9 Å². The number of amides is 1. The van der Waals surface area contributed by atoms with E-state index < -0.39 is 0 Å². The number of nitrogens with zero attached hydrogens (tertiary/aromatic N) is 5. The number of hydrogen-bond acceptors (Lipinski definition) is 8. The Morgan fingerprint density at radius 1 is 0.974 bits per heavy atom. The molecule has 3 aromatic heterocycles. The summed E-state index contributed by atoms with van der Waals surface area (Å²) in [5.74, 6) is 0.877. The molecular weight excluding hydrogens is 506 g/mol. The van der Waals surface area contributed by atoms with Crippen LogP contribution >= 0.6 is 11.3 Å². The van der Waals surface area contributed by atoms with Crippen molar-refractivity contribution in [2.24, 2.45) is 0 Å². The van der Waals surface area contributed by atoms with Gasteiger partial charge in [-0.25, -0.2) is 19.9 Å². The quantitative estimate of drug-likeness (QED) is 0.265. The smallest absolute Gasteiger partial charge is 0.274 e. The number of thiazole rings is 1. The fourth-order valence-corrected chi connectivity index (χ4v) is 5.75. The molecular formula is C30H29N7OS. The van der Waals surface area contributed by atoms with E-state index in [0.717, 1.165) is 59.0 Å². The summed E-state index contributed by atoms with van der Waals surface area (Å²) in [7, 11) is 0. The lowest BCUT2D eigenvalue weighted by molar-refractivity contribution is 0.102. The number of fused-ring (bicyclic) bond motifs is 1. The van der Waals surface area contributed by atoms with Crippen LogP contribution in [0.5, 0.6) is 0 Å². The zero-order chi connectivity index (χ0) is 26.6. The number of aromatic nitrogens is 4. The summed E-state index contributed by atoms with van der Waals surface area (Å²) in [5, 5.41) is 7.45. The van der Waals surface area contributed by atoms with E-state index in [1.54, 1.807) is 12.3 Å². The summed E-state index contributed by atoms with van der Waals surface area (Å²) >= 11 is 1.50. The maximum absolute atomic E-state index is 13.6. The van der Waals surface area contributed by atoms with Crippen LogP contribution in [0, 0.1) is 0 Å². The van der Waals surface area contributed by atoms with E-state index in [1.165, 1.54) is 11.3 Å². The predicted molar refractivity (Wildman–Crippen MR) is 157 cm³/mol. The van der Waals surface area contributed by atoms with Crippen LogP contribution in [-0.4, -0.2) is 56.4 Å². The Morgan fingerprint density at radius 3 is 2.56 bits per heavy atom. The van der Waals surface area contributed by atoms with Crippen LogP contribution in [0.2, 0.25) is 0 Å². The minimum Gasteiger partial charge on any atom is -0.367 e. The van der Waals surface area contributed by atoms with Crippen molar-refractivity contribution in [3.05, 3.63) is 84.7 Å². The van der Waals surface area contributed by atoms with Crippen molar-refractivity contribution in [2.75, 3.05) is 30.3 Å². The molecule has 4 heterocycles. The molecule has 2 aromatic carbocycles. The van der Waals surface area contributed by atoms with Gasteiger partial charge in [-0.2, -0.15) is 0 Å². The second kappa shape index (κ2) is 11.3. The number of hydrogen-bond donors (Lipinski definition) is 2. The van der Waals surface area contributed by atoms with Crippen LogP contribution in [-0.2, 0) is 0 Å². The molecule has 0 bridgehead atoms. The Hall–Kier alpha value is -4.21. The number of carbonyl (C=O) groups excluding carboxylic acids is 1. The zero-order valence-corrected chi connectivity index (χ0v) is 22.5. The molecule has 0 unspecified atom stereocenters. The maximum atomic E-state index is 13.6. The molecule has 0 aliphatic carbocycles. The lowest BCUT2D eigenvalue weighted by Gasteiger charge is -2.31. The maximum Gasteiger partial charge on any atom is 0.274 e. The second-order valence-corrected chi connectivity index (χ2v) is 10.5. The Bertz CT molecular complexity index is 1560. The third kappa shape index (κ3) is 5.64. The number of anilines is 2. The summed E-state index contributed by atoms with van der Waals surface area (Å²) in [6, 6.07) is 23.3. The van der Waals surface area contributed by atoms with Crippen molar-refractivity contribution >= 4 is 39.1 Å². The number of nitrogens with one attached hydrogen (secondary N) is 2.